The molecule has 4 nitrogen and oxygen atoms in total. The van der Waals surface area contributed by atoms with E-state index in [-0.39, 0.29) is 5.78 Å². The smallest absolute Gasteiger partial charge is 0.320 e. The van der Waals surface area contributed by atoms with E-state index in [1.54, 1.807) is 12.1 Å². The summed E-state index contributed by atoms with van der Waals surface area (Å²) in [6.07, 6.45) is 2.50. The first-order valence-electron chi connectivity index (χ1n) is 5.03. The second kappa shape index (κ2) is 4.25. The predicted molar refractivity (Wildman–Crippen MR) is 58.8 cm³/mol. The summed E-state index contributed by atoms with van der Waals surface area (Å²) in [5, 5.41) is 19.3. The molecule has 0 amide bonds. The lowest BCUT2D eigenvalue weighted by molar-refractivity contribution is -0.302. The standard InChI is InChI=1S/C13H10O4/c14-11(13(16)17)6-5-10-9-4-2-1-3-8(9)7-12(10)15/h1-6,14H,7H2,(H,16,17)/p-1/b10-5-,11-6-. The number of rotatable bonds is 2. The van der Waals surface area contributed by atoms with E-state index in [2.05, 4.69) is 0 Å². The fourth-order valence-electron chi connectivity index (χ4n) is 1.77. The minimum Gasteiger partial charge on any atom is -0.868 e. The molecule has 1 aliphatic rings. The van der Waals surface area contributed by atoms with E-state index in [1.165, 1.54) is 6.08 Å². The van der Waals surface area contributed by atoms with Gasteiger partial charge >= 0.3 is 5.97 Å². The number of hydrogen-bond donors (Lipinski definition) is 1. The molecule has 0 saturated carbocycles. The van der Waals surface area contributed by atoms with Gasteiger partial charge in [-0.25, -0.2) is 4.79 Å². The van der Waals surface area contributed by atoms with Gasteiger partial charge in [-0.15, -0.1) is 0 Å². The number of fused-ring (bicyclic) bond motifs is 1. The van der Waals surface area contributed by atoms with Gasteiger partial charge in [-0.3, -0.25) is 4.79 Å². The molecule has 1 aromatic carbocycles. The van der Waals surface area contributed by atoms with Crippen molar-refractivity contribution in [1.29, 1.82) is 0 Å². The van der Waals surface area contributed by atoms with Gasteiger partial charge in [0.05, 0.1) is 0 Å². The second-order valence-corrected chi connectivity index (χ2v) is 3.67. The van der Waals surface area contributed by atoms with Gasteiger partial charge in [0.25, 0.3) is 0 Å². The summed E-state index contributed by atoms with van der Waals surface area (Å²) in [6.45, 7) is 0. The number of carboxylic acid groups (broad SMARTS) is 1. The van der Waals surface area contributed by atoms with Crippen LogP contribution in [0.2, 0.25) is 0 Å². The summed E-state index contributed by atoms with van der Waals surface area (Å²) in [4.78, 5) is 22.0. The molecule has 1 aromatic rings. The van der Waals surface area contributed by atoms with Crippen LogP contribution in [0.25, 0.3) is 5.57 Å². The summed E-state index contributed by atoms with van der Waals surface area (Å²) in [5.41, 5.74) is 2.07. The van der Waals surface area contributed by atoms with E-state index >= 15 is 0 Å². The van der Waals surface area contributed by atoms with Gasteiger partial charge in [-0.05, 0) is 16.9 Å². The topological polar surface area (TPSA) is 77.4 Å². The largest absolute Gasteiger partial charge is 0.868 e. The monoisotopic (exact) mass is 229 g/mol. The van der Waals surface area contributed by atoms with E-state index in [4.69, 9.17) is 5.11 Å². The van der Waals surface area contributed by atoms with Gasteiger partial charge < -0.3 is 10.2 Å². The maximum Gasteiger partial charge on any atom is 0.320 e. The van der Waals surface area contributed by atoms with Crippen LogP contribution in [0.3, 0.4) is 0 Å². The van der Waals surface area contributed by atoms with E-state index in [1.807, 2.05) is 12.1 Å². The summed E-state index contributed by atoms with van der Waals surface area (Å²) in [6, 6.07) is 7.25. The SMILES string of the molecule is O=C(O)/C([O-])=C/C=C1\C(=O)Cc2ccccc21. The molecule has 4 heteroatoms. The van der Waals surface area contributed by atoms with E-state index in [9.17, 15) is 14.7 Å². The molecule has 0 spiro atoms. The highest BCUT2D eigenvalue weighted by atomic mass is 16.4. The molecule has 0 atom stereocenters. The van der Waals surface area contributed by atoms with Crippen LogP contribution in [0.1, 0.15) is 11.1 Å². The van der Waals surface area contributed by atoms with Crippen molar-refractivity contribution in [3.8, 4) is 0 Å². The Labute approximate surface area is 97.5 Å². The maximum atomic E-state index is 11.7. The fraction of sp³-hybridized carbons (Fsp3) is 0.0769. The molecule has 1 aliphatic carbocycles. The highest BCUT2D eigenvalue weighted by Crippen LogP contribution is 2.29. The Morgan fingerprint density at radius 2 is 2.06 bits per heavy atom. The molecule has 0 saturated heterocycles. The lowest BCUT2D eigenvalue weighted by Gasteiger charge is -2.03. The van der Waals surface area contributed by atoms with Crippen molar-refractivity contribution in [3.63, 3.8) is 0 Å². The van der Waals surface area contributed by atoms with E-state index in [0.717, 1.165) is 17.2 Å². The molecule has 2 rings (SSSR count). The number of benzene rings is 1. The number of Topliss-reactive ketones (excluding diaryl/α,β-unsaturated/α-hetero) is 1. The van der Waals surface area contributed by atoms with Crippen LogP contribution in [0.5, 0.6) is 0 Å². The Kier molecular flexibility index (Phi) is 2.78. The number of aliphatic carboxylic acids is 1. The Hall–Kier alpha value is -2.36. The van der Waals surface area contributed by atoms with Crippen LogP contribution in [-0.2, 0) is 16.0 Å². The van der Waals surface area contributed by atoms with Gasteiger partial charge in [0.1, 0.15) is 0 Å². The fourth-order valence-corrected chi connectivity index (χ4v) is 1.77. The molecule has 0 heterocycles. The first-order chi connectivity index (χ1) is 8.09. The predicted octanol–water partition coefficient (Wildman–Crippen LogP) is 0.524. The van der Waals surface area contributed by atoms with Gasteiger partial charge in [0, 0.05) is 12.0 Å². The Morgan fingerprint density at radius 3 is 2.76 bits per heavy atom. The number of carboxylic acids is 1. The molecule has 17 heavy (non-hydrogen) atoms. The minimum atomic E-state index is -1.53. The normalized spacial score (nSPS) is 17.3. The average molecular weight is 229 g/mol. The van der Waals surface area contributed by atoms with Crippen LogP contribution in [-0.4, -0.2) is 16.9 Å². The van der Waals surface area contributed by atoms with Crippen LogP contribution in [0.15, 0.2) is 42.2 Å². The zero-order valence-electron chi connectivity index (χ0n) is 8.84. The van der Waals surface area contributed by atoms with Gasteiger partial charge in [-0.1, -0.05) is 36.4 Å². The minimum absolute atomic E-state index is 0.0966. The Morgan fingerprint density at radius 1 is 1.35 bits per heavy atom. The van der Waals surface area contributed by atoms with Gasteiger partial charge in [0.15, 0.2) is 5.78 Å². The van der Waals surface area contributed by atoms with Crippen molar-refractivity contribution in [3.05, 3.63) is 53.3 Å². The third-order valence-corrected chi connectivity index (χ3v) is 2.57. The molecule has 0 aromatic heterocycles. The second-order valence-electron chi connectivity index (χ2n) is 3.67. The van der Waals surface area contributed by atoms with Crippen LogP contribution < -0.4 is 5.11 Å². The van der Waals surface area contributed by atoms with E-state index < -0.39 is 11.7 Å². The maximum absolute atomic E-state index is 11.7. The highest BCUT2D eigenvalue weighted by Gasteiger charge is 2.22. The zero-order chi connectivity index (χ0) is 12.4. The molecule has 1 N–H and O–H groups in total. The van der Waals surface area contributed by atoms with Crippen molar-refractivity contribution in [2.75, 3.05) is 0 Å². The number of carbonyl (C=O) groups excluding carboxylic acids is 1. The molecule has 0 unspecified atom stereocenters. The molecular formula is C13H9O4-. The van der Waals surface area contributed by atoms with Crippen molar-refractivity contribution >= 4 is 17.3 Å². The number of hydrogen-bond acceptors (Lipinski definition) is 3. The highest BCUT2D eigenvalue weighted by molar-refractivity contribution is 6.25. The average Bonchev–Trinajstić information content (AvgIpc) is 2.61. The van der Waals surface area contributed by atoms with Gasteiger partial charge in [0.2, 0.25) is 0 Å². The first kappa shape index (κ1) is 11.1. The molecule has 0 bridgehead atoms. The Bertz CT molecular complexity index is 552. The van der Waals surface area contributed by atoms with Crippen LogP contribution >= 0.6 is 0 Å². The molecule has 0 radical (unpaired) electrons. The molecule has 86 valence electrons. The molecular weight excluding hydrogens is 220 g/mol. The lowest BCUT2D eigenvalue weighted by atomic mass is 10.1. The zero-order valence-corrected chi connectivity index (χ0v) is 8.84. The van der Waals surface area contributed by atoms with Gasteiger partial charge in [-0.2, -0.15) is 0 Å². The summed E-state index contributed by atoms with van der Waals surface area (Å²) >= 11 is 0. The third-order valence-electron chi connectivity index (χ3n) is 2.57. The van der Waals surface area contributed by atoms with Crippen LogP contribution in [0, 0.1) is 0 Å². The van der Waals surface area contributed by atoms with Crippen LogP contribution in [0.4, 0.5) is 0 Å². The Balaban J connectivity index is 2.40. The molecule has 0 fully saturated rings. The van der Waals surface area contributed by atoms with Crippen molar-refractivity contribution in [2.24, 2.45) is 0 Å². The number of allylic oxidation sites excluding steroid dienone is 3. The quantitative estimate of drug-likeness (QED) is 0.592. The first-order valence-corrected chi connectivity index (χ1v) is 5.03. The summed E-state index contributed by atoms with van der Waals surface area (Å²) in [7, 11) is 0. The number of ketones is 1. The van der Waals surface area contributed by atoms with E-state index in [0.29, 0.717) is 12.0 Å². The van der Waals surface area contributed by atoms with Crippen molar-refractivity contribution < 1.29 is 19.8 Å². The van der Waals surface area contributed by atoms with Crippen molar-refractivity contribution in [2.45, 2.75) is 6.42 Å². The third kappa shape index (κ3) is 2.10. The number of carbonyl (C=O) groups is 2. The summed E-state index contributed by atoms with van der Waals surface area (Å²) in [5.74, 6) is -2.66. The van der Waals surface area contributed by atoms with Crippen molar-refractivity contribution in [1.82, 2.24) is 0 Å². The molecule has 0 aliphatic heterocycles. The summed E-state index contributed by atoms with van der Waals surface area (Å²) < 4.78 is 0. The lowest BCUT2D eigenvalue weighted by Crippen LogP contribution is -2.13.